The second-order valence-electron chi connectivity index (χ2n) is 4.06. The highest BCUT2D eigenvalue weighted by Crippen LogP contribution is 2.28. The summed E-state index contributed by atoms with van der Waals surface area (Å²) in [6.45, 7) is 2.28. The van der Waals surface area contributed by atoms with Crippen molar-refractivity contribution in [3.8, 4) is 11.5 Å². The Bertz CT molecular complexity index is 642. The van der Waals surface area contributed by atoms with Crippen LogP contribution in [0, 0.1) is 0 Å². The smallest absolute Gasteiger partial charge is 0.271 e. The van der Waals surface area contributed by atoms with Gasteiger partial charge in [0.1, 0.15) is 0 Å². The number of benzene rings is 1. The molecule has 0 spiro atoms. The number of ether oxygens (including phenoxy) is 1. The summed E-state index contributed by atoms with van der Waals surface area (Å²) in [6.07, 6.45) is 4.41. The maximum absolute atomic E-state index is 11.7. The minimum Gasteiger partial charge on any atom is -0.504 e. The van der Waals surface area contributed by atoms with Crippen LogP contribution in [0.2, 0.25) is 0 Å². The summed E-state index contributed by atoms with van der Waals surface area (Å²) in [6, 6.07) is 8.22. The molecule has 2 rings (SSSR count). The molecule has 0 saturated carbocycles. The SMILES string of the molecule is CCOc1cccc(/C=N\NC(=O)c2ccncc2)c1O. The first-order valence-electron chi connectivity index (χ1n) is 6.40. The van der Waals surface area contributed by atoms with Gasteiger partial charge in [0.25, 0.3) is 5.91 Å². The number of aromatic hydroxyl groups is 1. The number of rotatable bonds is 5. The van der Waals surface area contributed by atoms with Crippen LogP contribution in [0.4, 0.5) is 0 Å². The number of nitrogens with one attached hydrogen (secondary N) is 1. The van der Waals surface area contributed by atoms with Crippen molar-refractivity contribution in [3.05, 3.63) is 53.9 Å². The van der Waals surface area contributed by atoms with Gasteiger partial charge in [0, 0.05) is 23.5 Å². The average Bonchev–Trinajstić information content (AvgIpc) is 2.52. The fourth-order valence-corrected chi connectivity index (χ4v) is 1.64. The number of amides is 1. The van der Waals surface area contributed by atoms with Crippen LogP contribution in [0.25, 0.3) is 0 Å². The van der Waals surface area contributed by atoms with E-state index in [-0.39, 0.29) is 11.7 Å². The molecule has 0 radical (unpaired) electrons. The molecule has 0 bridgehead atoms. The van der Waals surface area contributed by atoms with Crippen LogP contribution < -0.4 is 10.2 Å². The van der Waals surface area contributed by atoms with Gasteiger partial charge >= 0.3 is 0 Å². The minimum atomic E-state index is -0.353. The standard InChI is InChI=1S/C15H15N3O3/c1-2-21-13-5-3-4-12(14(13)19)10-17-18-15(20)11-6-8-16-9-7-11/h3-10,19H,2H2,1H3,(H,18,20)/b17-10-. The van der Waals surface area contributed by atoms with Crippen molar-refractivity contribution in [1.82, 2.24) is 10.4 Å². The van der Waals surface area contributed by atoms with Crippen LogP contribution in [-0.4, -0.2) is 28.8 Å². The summed E-state index contributed by atoms with van der Waals surface area (Å²) in [5.41, 5.74) is 3.28. The van der Waals surface area contributed by atoms with Crippen LogP contribution >= 0.6 is 0 Å². The summed E-state index contributed by atoms with van der Waals surface area (Å²) in [5.74, 6) is 0.0114. The van der Waals surface area contributed by atoms with E-state index < -0.39 is 0 Å². The molecular weight excluding hydrogens is 270 g/mol. The van der Waals surface area contributed by atoms with Crippen molar-refractivity contribution < 1.29 is 14.6 Å². The second-order valence-corrected chi connectivity index (χ2v) is 4.06. The van der Waals surface area contributed by atoms with Crippen LogP contribution in [-0.2, 0) is 0 Å². The first kappa shape index (κ1) is 14.5. The molecule has 0 aliphatic heterocycles. The van der Waals surface area contributed by atoms with E-state index in [1.807, 2.05) is 6.92 Å². The molecule has 1 aromatic heterocycles. The van der Waals surface area contributed by atoms with Gasteiger partial charge in [0.15, 0.2) is 11.5 Å². The zero-order valence-corrected chi connectivity index (χ0v) is 11.5. The van der Waals surface area contributed by atoms with E-state index in [0.717, 1.165) is 0 Å². The van der Waals surface area contributed by atoms with E-state index in [1.165, 1.54) is 18.6 Å². The fraction of sp³-hybridized carbons (Fsp3) is 0.133. The summed E-state index contributed by atoms with van der Waals surface area (Å²) >= 11 is 0. The van der Waals surface area contributed by atoms with Crippen LogP contribution in [0.15, 0.2) is 47.8 Å². The Morgan fingerprint density at radius 1 is 1.38 bits per heavy atom. The molecule has 1 amide bonds. The molecule has 108 valence electrons. The molecule has 0 saturated heterocycles. The maximum atomic E-state index is 11.7. The first-order valence-corrected chi connectivity index (χ1v) is 6.40. The lowest BCUT2D eigenvalue weighted by Gasteiger charge is -2.07. The van der Waals surface area contributed by atoms with E-state index in [4.69, 9.17) is 4.74 Å². The highest BCUT2D eigenvalue weighted by Gasteiger charge is 2.06. The Kier molecular flexibility index (Phi) is 4.87. The Hall–Kier alpha value is -2.89. The van der Waals surface area contributed by atoms with Gasteiger partial charge in [0.05, 0.1) is 12.8 Å². The molecule has 0 aliphatic carbocycles. The number of hydrazone groups is 1. The lowest BCUT2D eigenvalue weighted by molar-refractivity contribution is 0.0955. The van der Waals surface area contributed by atoms with Gasteiger partial charge in [-0.3, -0.25) is 9.78 Å². The predicted molar refractivity (Wildman–Crippen MR) is 78.6 cm³/mol. The van der Waals surface area contributed by atoms with Gasteiger partial charge < -0.3 is 9.84 Å². The Balaban J connectivity index is 2.05. The maximum Gasteiger partial charge on any atom is 0.271 e. The highest BCUT2D eigenvalue weighted by molar-refractivity contribution is 5.95. The van der Waals surface area contributed by atoms with Crippen molar-refractivity contribution in [2.45, 2.75) is 6.92 Å². The molecular formula is C15H15N3O3. The number of carbonyl (C=O) groups is 1. The quantitative estimate of drug-likeness (QED) is 0.649. The molecule has 1 aromatic carbocycles. The normalized spacial score (nSPS) is 10.5. The number of nitrogens with zero attached hydrogens (tertiary/aromatic N) is 2. The largest absolute Gasteiger partial charge is 0.504 e. The topological polar surface area (TPSA) is 83.8 Å². The van der Waals surface area contributed by atoms with Crippen LogP contribution in [0.3, 0.4) is 0 Å². The van der Waals surface area contributed by atoms with Gasteiger partial charge in [-0.1, -0.05) is 6.07 Å². The van der Waals surface area contributed by atoms with Crippen molar-refractivity contribution in [3.63, 3.8) is 0 Å². The monoisotopic (exact) mass is 285 g/mol. The number of pyridine rings is 1. The zero-order chi connectivity index (χ0) is 15.1. The summed E-state index contributed by atoms with van der Waals surface area (Å²) in [4.78, 5) is 15.6. The molecule has 2 aromatic rings. The highest BCUT2D eigenvalue weighted by atomic mass is 16.5. The van der Waals surface area contributed by atoms with E-state index >= 15 is 0 Å². The first-order chi connectivity index (χ1) is 10.2. The van der Waals surface area contributed by atoms with E-state index in [9.17, 15) is 9.90 Å². The molecule has 21 heavy (non-hydrogen) atoms. The van der Waals surface area contributed by atoms with Crippen molar-refractivity contribution in [1.29, 1.82) is 0 Å². The number of hydrogen-bond acceptors (Lipinski definition) is 5. The van der Waals surface area contributed by atoms with E-state index in [0.29, 0.717) is 23.5 Å². The number of phenolic OH excluding ortho intramolecular Hbond substituents is 1. The van der Waals surface area contributed by atoms with Crippen molar-refractivity contribution in [2.24, 2.45) is 5.10 Å². The molecule has 2 N–H and O–H groups in total. The Labute approximate surface area is 122 Å². The summed E-state index contributed by atoms with van der Waals surface area (Å²) in [7, 11) is 0. The second kappa shape index (κ2) is 7.04. The molecule has 6 heteroatoms. The summed E-state index contributed by atoms with van der Waals surface area (Å²) < 4.78 is 5.27. The van der Waals surface area contributed by atoms with Crippen molar-refractivity contribution in [2.75, 3.05) is 6.61 Å². The molecule has 0 atom stereocenters. The molecule has 1 heterocycles. The minimum absolute atomic E-state index is 0.0127. The zero-order valence-electron chi connectivity index (χ0n) is 11.5. The van der Waals surface area contributed by atoms with Crippen LogP contribution in [0.1, 0.15) is 22.8 Å². The third-order valence-corrected chi connectivity index (χ3v) is 2.64. The Morgan fingerprint density at radius 3 is 2.86 bits per heavy atom. The van der Waals surface area contributed by atoms with Crippen LogP contribution in [0.5, 0.6) is 11.5 Å². The van der Waals surface area contributed by atoms with E-state index in [2.05, 4.69) is 15.5 Å². The molecule has 0 fully saturated rings. The summed E-state index contributed by atoms with van der Waals surface area (Å²) in [5, 5.41) is 13.8. The van der Waals surface area contributed by atoms with Gasteiger partial charge in [-0.2, -0.15) is 5.10 Å². The third-order valence-electron chi connectivity index (χ3n) is 2.64. The number of carbonyl (C=O) groups excluding carboxylic acids is 1. The predicted octanol–water partition coefficient (Wildman–Crippen LogP) is 1.95. The number of aromatic nitrogens is 1. The van der Waals surface area contributed by atoms with Gasteiger partial charge in [-0.25, -0.2) is 5.43 Å². The average molecular weight is 285 g/mol. The lowest BCUT2D eigenvalue weighted by Crippen LogP contribution is -2.17. The molecule has 0 aliphatic rings. The molecule has 0 unspecified atom stereocenters. The number of hydrogen-bond donors (Lipinski definition) is 2. The van der Waals surface area contributed by atoms with Gasteiger partial charge in [-0.05, 0) is 31.2 Å². The molecule has 6 nitrogen and oxygen atoms in total. The third kappa shape index (κ3) is 3.79. The van der Waals surface area contributed by atoms with Gasteiger partial charge in [0.2, 0.25) is 0 Å². The lowest BCUT2D eigenvalue weighted by atomic mass is 10.2. The Morgan fingerprint density at radius 2 is 2.14 bits per heavy atom. The fourth-order valence-electron chi connectivity index (χ4n) is 1.64. The number of para-hydroxylation sites is 1. The van der Waals surface area contributed by atoms with E-state index in [1.54, 1.807) is 30.3 Å². The van der Waals surface area contributed by atoms with Gasteiger partial charge in [-0.15, -0.1) is 0 Å². The van der Waals surface area contributed by atoms with Crippen molar-refractivity contribution >= 4 is 12.1 Å². The number of phenols is 1.